The summed E-state index contributed by atoms with van der Waals surface area (Å²) in [4.78, 5) is 0.265. The Labute approximate surface area is 154 Å². The number of fused-ring (bicyclic) bond motifs is 1. The molecule has 1 heterocycles. The number of ether oxygens (including phenoxy) is 1. The fourth-order valence-corrected chi connectivity index (χ4v) is 4.03. The van der Waals surface area contributed by atoms with Crippen LogP contribution in [0.25, 0.3) is 0 Å². The van der Waals surface area contributed by atoms with Crippen molar-refractivity contribution in [3.8, 4) is 0 Å². The van der Waals surface area contributed by atoms with Gasteiger partial charge in [0.05, 0.1) is 4.90 Å². The molecule has 2 N–H and O–H groups in total. The minimum absolute atomic E-state index is 0.199. The maximum atomic E-state index is 12.6. The lowest BCUT2D eigenvalue weighted by Crippen LogP contribution is -2.16. The second kappa shape index (κ2) is 8.46. The van der Waals surface area contributed by atoms with Crippen LogP contribution in [0.15, 0.2) is 35.2 Å². The van der Waals surface area contributed by atoms with Gasteiger partial charge in [0.25, 0.3) is 10.0 Å². The van der Waals surface area contributed by atoms with Gasteiger partial charge in [0.2, 0.25) is 0 Å². The molecule has 26 heavy (non-hydrogen) atoms. The summed E-state index contributed by atoms with van der Waals surface area (Å²) in [6, 6.07) is 8.65. The average molecular weight is 376 g/mol. The van der Waals surface area contributed by atoms with Gasteiger partial charge in [-0.15, -0.1) is 10.2 Å². The summed E-state index contributed by atoms with van der Waals surface area (Å²) in [5, 5.41) is 11.0. The zero-order chi connectivity index (χ0) is 18.4. The number of anilines is 2. The molecule has 0 saturated carbocycles. The van der Waals surface area contributed by atoms with Crippen molar-refractivity contribution in [1.29, 1.82) is 0 Å². The highest BCUT2D eigenvalue weighted by atomic mass is 32.2. The van der Waals surface area contributed by atoms with Gasteiger partial charge in [0.1, 0.15) is 5.82 Å². The summed E-state index contributed by atoms with van der Waals surface area (Å²) in [5.74, 6) is 0.794. The highest BCUT2D eigenvalue weighted by Crippen LogP contribution is 2.25. The van der Waals surface area contributed by atoms with E-state index in [0.29, 0.717) is 19.0 Å². The Morgan fingerprint density at radius 1 is 1.04 bits per heavy atom. The molecule has 7 nitrogen and oxygen atoms in total. The standard InChI is InChI=1S/C18H24N4O3S/c1-25-12-4-11-19-17-9-10-18(21-20-17)22-26(23,24)16-8-7-14-5-2-3-6-15(14)13-16/h7-10,13H,2-6,11-12H2,1H3,(H,19,20)(H,21,22). The number of hydrogen-bond acceptors (Lipinski definition) is 6. The van der Waals surface area contributed by atoms with Gasteiger partial charge in [-0.05, 0) is 67.5 Å². The molecule has 0 atom stereocenters. The summed E-state index contributed by atoms with van der Waals surface area (Å²) >= 11 is 0. The summed E-state index contributed by atoms with van der Waals surface area (Å²) in [5.41, 5.74) is 2.37. The molecule has 0 fully saturated rings. The van der Waals surface area contributed by atoms with E-state index in [2.05, 4.69) is 20.2 Å². The number of hydrogen-bond donors (Lipinski definition) is 2. The first kappa shape index (κ1) is 18.6. The van der Waals surface area contributed by atoms with Crippen molar-refractivity contribution in [2.24, 2.45) is 0 Å². The highest BCUT2D eigenvalue weighted by molar-refractivity contribution is 7.92. The Morgan fingerprint density at radius 2 is 1.77 bits per heavy atom. The molecule has 0 saturated heterocycles. The van der Waals surface area contributed by atoms with Crippen molar-refractivity contribution in [1.82, 2.24) is 10.2 Å². The predicted molar refractivity (Wildman–Crippen MR) is 101 cm³/mol. The van der Waals surface area contributed by atoms with Gasteiger partial charge in [-0.3, -0.25) is 4.72 Å². The van der Waals surface area contributed by atoms with Crippen molar-refractivity contribution in [2.75, 3.05) is 30.3 Å². The van der Waals surface area contributed by atoms with Gasteiger partial charge in [0, 0.05) is 20.3 Å². The Kier molecular flexibility index (Phi) is 6.05. The second-order valence-electron chi connectivity index (χ2n) is 6.32. The molecule has 1 aliphatic carbocycles. The molecule has 0 unspecified atom stereocenters. The van der Waals surface area contributed by atoms with E-state index < -0.39 is 10.0 Å². The number of nitrogens with one attached hydrogen (secondary N) is 2. The Bertz CT molecular complexity index is 838. The molecular formula is C18H24N4O3S. The number of aromatic nitrogens is 2. The van der Waals surface area contributed by atoms with E-state index in [1.165, 1.54) is 12.0 Å². The third-order valence-corrected chi connectivity index (χ3v) is 5.72. The van der Waals surface area contributed by atoms with Gasteiger partial charge in [0.15, 0.2) is 5.82 Å². The van der Waals surface area contributed by atoms with Crippen LogP contribution in [-0.2, 0) is 27.6 Å². The van der Waals surface area contributed by atoms with E-state index in [4.69, 9.17) is 4.74 Å². The van der Waals surface area contributed by atoms with Crippen LogP contribution in [0.4, 0.5) is 11.6 Å². The molecule has 3 rings (SSSR count). The van der Waals surface area contributed by atoms with Gasteiger partial charge >= 0.3 is 0 Å². The van der Waals surface area contributed by atoms with Gasteiger partial charge in [-0.1, -0.05) is 6.07 Å². The number of benzene rings is 1. The van der Waals surface area contributed by atoms with Crippen molar-refractivity contribution < 1.29 is 13.2 Å². The van der Waals surface area contributed by atoms with Crippen molar-refractivity contribution >= 4 is 21.7 Å². The van der Waals surface area contributed by atoms with Crippen LogP contribution in [-0.4, -0.2) is 38.9 Å². The van der Waals surface area contributed by atoms with Gasteiger partial charge in [-0.2, -0.15) is 0 Å². The first-order valence-electron chi connectivity index (χ1n) is 8.80. The van der Waals surface area contributed by atoms with Crippen molar-refractivity contribution in [3.63, 3.8) is 0 Å². The molecule has 0 radical (unpaired) electrons. The van der Waals surface area contributed by atoms with Crippen molar-refractivity contribution in [3.05, 3.63) is 41.5 Å². The number of sulfonamides is 1. The van der Waals surface area contributed by atoms with Crippen LogP contribution in [0.3, 0.4) is 0 Å². The van der Waals surface area contributed by atoms with E-state index in [9.17, 15) is 8.42 Å². The van der Waals surface area contributed by atoms with Crippen LogP contribution >= 0.6 is 0 Å². The topological polar surface area (TPSA) is 93.2 Å². The average Bonchev–Trinajstić information content (AvgIpc) is 2.66. The monoisotopic (exact) mass is 376 g/mol. The van der Waals surface area contributed by atoms with Crippen LogP contribution in [0.1, 0.15) is 30.4 Å². The lowest BCUT2D eigenvalue weighted by molar-refractivity contribution is 0.197. The van der Waals surface area contributed by atoms with E-state index in [1.54, 1.807) is 31.4 Å². The molecular weight excluding hydrogens is 352 g/mol. The third-order valence-electron chi connectivity index (χ3n) is 4.37. The van der Waals surface area contributed by atoms with Gasteiger partial charge in [-0.25, -0.2) is 8.42 Å². The van der Waals surface area contributed by atoms with E-state index >= 15 is 0 Å². The number of rotatable bonds is 8. The normalized spacial score (nSPS) is 13.9. The zero-order valence-electron chi connectivity index (χ0n) is 14.9. The molecule has 1 aromatic carbocycles. The van der Waals surface area contributed by atoms with Crippen LogP contribution < -0.4 is 10.0 Å². The highest BCUT2D eigenvalue weighted by Gasteiger charge is 2.18. The Balaban J connectivity index is 1.65. The van der Waals surface area contributed by atoms with Crippen LogP contribution in [0.5, 0.6) is 0 Å². The maximum Gasteiger partial charge on any atom is 0.263 e. The molecule has 1 aromatic heterocycles. The minimum Gasteiger partial charge on any atom is -0.385 e. The number of aryl methyl sites for hydroxylation is 2. The lowest BCUT2D eigenvalue weighted by Gasteiger charge is -2.16. The SMILES string of the molecule is COCCCNc1ccc(NS(=O)(=O)c2ccc3c(c2)CCCC3)nn1. The second-order valence-corrected chi connectivity index (χ2v) is 8.00. The molecule has 1 aliphatic rings. The van der Waals surface area contributed by atoms with Crippen molar-refractivity contribution in [2.45, 2.75) is 37.0 Å². The van der Waals surface area contributed by atoms with E-state index in [-0.39, 0.29) is 10.7 Å². The predicted octanol–water partition coefficient (Wildman–Crippen LogP) is 2.60. The molecule has 0 spiro atoms. The smallest absolute Gasteiger partial charge is 0.263 e. The minimum atomic E-state index is -3.67. The first-order chi connectivity index (χ1) is 12.6. The summed E-state index contributed by atoms with van der Waals surface area (Å²) in [7, 11) is -2.02. The first-order valence-corrected chi connectivity index (χ1v) is 10.3. The summed E-state index contributed by atoms with van der Waals surface area (Å²) < 4.78 is 32.7. The molecule has 8 heteroatoms. The lowest BCUT2D eigenvalue weighted by atomic mass is 9.92. The van der Waals surface area contributed by atoms with Crippen LogP contribution in [0, 0.1) is 0 Å². The fraction of sp³-hybridized carbons (Fsp3) is 0.444. The van der Waals surface area contributed by atoms with E-state index in [0.717, 1.165) is 31.2 Å². The van der Waals surface area contributed by atoms with E-state index in [1.807, 2.05) is 6.07 Å². The molecule has 2 aromatic rings. The number of methoxy groups -OCH3 is 1. The molecule has 140 valence electrons. The molecule has 0 bridgehead atoms. The molecule has 0 amide bonds. The summed E-state index contributed by atoms with van der Waals surface area (Å²) in [6.45, 7) is 1.38. The Hall–Kier alpha value is -2.19. The quantitative estimate of drug-likeness (QED) is 0.688. The van der Waals surface area contributed by atoms with Crippen LogP contribution in [0.2, 0.25) is 0 Å². The number of nitrogens with zero attached hydrogens (tertiary/aromatic N) is 2. The molecule has 0 aliphatic heterocycles. The maximum absolute atomic E-state index is 12.6. The fourth-order valence-electron chi connectivity index (χ4n) is 2.99. The Morgan fingerprint density at radius 3 is 2.50 bits per heavy atom. The van der Waals surface area contributed by atoms with Gasteiger partial charge < -0.3 is 10.1 Å². The summed E-state index contributed by atoms with van der Waals surface area (Å²) in [6.07, 6.45) is 5.08. The zero-order valence-corrected chi connectivity index (χ0v) is 15.7. The largest absolute Gasteiger partial charge is 0.385 e. The third kappa shape index (κ3) is 4.70.